The van der Waals surface area contributed by atoms with Gasteiger partial charge in [0, 0.05) is 18.9 Å². The van der Waals surface area contributed by atoms with E-state index in [1.54, 1.807) is 17.5 Å². The molecule has 1 N–H and O–H groups in total. The molecule has 31 heavy (non-hydrogen) atoms. The summed E-state index contributed by atoms with van der Waals surface area (Å²) in [5.74, 6) is 5.39. The van der Waals surface area contributed by atoms with E-state index < -0.39 is 5.97 Å². The van der Waals surface area contributed by atoms with Crippen molar-refractivity contribution in [2.75, 3.05) is 13.7 Å². The Morgan fingerprint density at radius 1 is 1.29 bits per heavy atom. The van der Waals surface area contributed by atoms with Crippen molar-refractivity contribution in [3.05, 3.63) is 52.0 Å². The zero-order chi connectivity index (χ0) is 22.5. The lowest BCUT2D eigenvalue weighted by Crippen LogP contribution is -2.18. The Balaban J connectivity index is 1.97. The minimum atomic E-state index is -0.891. The molecule has 0 spiro atoms. The van der Waals surface area contributed by atoms with Crippen LogP contribution in [0.4, 0.5) is 0 Å². The van der Waals surface area contributed by atoms with Gasteiger partial charge in [-0.25, -0.2) is 4.98 Å². The van der Waals surface area contributed by atoms with E-state index >= 15 is 0 Å². The van der Waals surface area contributed by atoms with Crippen LogP contribution in [0.3, 0.4) is 0 Å². The highest BCUT2D eigenvalue weighted by Crippen LogP contribution is 2.17. The number of carboxylic acids is 1. The van der Waals surface area contributed by atoms with E-state index in [0.717, 1.165) is 21.9 Å². The van der Waals surface area contributed by atoms with Crippen LogP contribution >= 0.6 is 11.3 Å². The number of thiazole rings is 1. The molecule has 1 heterocycles. The van der Waals surface area contributed by atoms with Crippen LogP contribution in [-0.4, -0.2) is 35.5 Å². The third kappa shape index (κ3) is 9.77. The van der Waals surface area contributed by atoms with E-state index in [4.69, 9.17) is 9.57 Å². The predicted molar refractivity (Wildman–Crippen MR) is 123 cm³/mol. The molecule has 0 unspecified atom stereocenters. The summed E-state index contributed by atoms with van der Waals surface area (Å²) in [6, 6.07) is 9.94. The third-order valence-electron chi connectivity index (χ3n) is 4.40. The molecule has 0 radical (unpaired) electrons. The fraction of sp³-hybridized carbons (Fsp3) is 0.458. The molecule has 1 atom stereocenters. The Morgan fingerprint density at radius 2 is 2.06 bits per heavy atom. The van der Waals surface area contributed by atoms with Crippen LogP contribution in [0.25, 0.3) is 0 Å². The minimum absolute atomic E-state index is 0.0587. The lowest BCUT2D eigenvalue weighted by Gasteiger charge is -2.13. The van der Waals surface area contributed by atoms with Crippen molar-refractivity contribution in [1.82, 2.24) is 4.98 Å². The molecule has 0 aliphatic rings. The highest BCUT2D eigenvalue weighted by molar-refractivity contribution is 7.12. The van der Waals surface area contributed by atoms with Crippen LogP contribution in [0.15, 0.2) is 41.7 Å². The van der Waals surface area contributed by atoms with Gasteiger partial charge in [0.2, 0.25) is 0 Å². The second-order valence-corrected chi connectivity index (χ2v) is 8.72. The zero-order valence-corrected chi connectivity index (χ0v) is 19.2. The van der Waals surface area contributed by atoms with Gasteiger partial charge in [-0.2, -0.15) is 0 Å². The minimum Gasteiger partial charge on any atom is -0.481 e. The van der Waals surface area contributed by atoms with Gasteiger partial charge in [-0.1, -0.05) is 49.3 Å². The van der Waals surface area contributed by atoms with E-state index in [1.807, 2.05) is 30.3 Å². The second-order valence-electron chi connectivity index (χ2n) is 7.60. The summed E-state index contributed by atoms with van der Waals surface area (Å²) in [4.78, 5) is 21.6. The summed E-state index contributed by atoms with van der Waals surface area (Å²) in [5, 5.41) is 14.4. The molecular formula is C24H30N2O4S. The molecule has 0 aliphatic carbocycles. The summed E-state index contributed by atoms with van der Waals surface area (Å²) in [6.07, 6.45) is 3.91. The molecule has 1 aromatic carbocycles. The van der Waals surface area contributed by atoms with Crippen molar-refractivity contribution in [2.24, 2.45) is 17.0 Å². The zero-order valence-electron chi connectivity index (χ0n) is 18.3. The van der Waals surface area contributed by atoms with Crippen molar-refractivity contribution in [3.63, 3.8) is 0 Å². The Kier molecular flexibility index (Phi) is 10.8. The molecule has 0 saturated heterocycles. The normalized spacial score (nSPS) is 12.3. The third-order valence-corrected chi connectivity index (χ3v) is 5.34. The summed E-state index contributed by atoms with van der Waals surface area (Å²) in [6.45, 7) is 5.37. The van der Waals surface area contributed by atoms with Crippen molar-refractivity contribution < 1.29 is 19.5 Å². The van der Waals surface area contributed by atoms with Gasteiger partial charge in [0.1, 0.15) is 12.8 Å². The molecule has 7 heteroatoms. The van der Waals surface area contributed by atoms with Gasteiger partial charge in [-0.15, -0.1) is 11.3 Å². The number of rotatable bonds is 12. The first-order chi connectivity index (χ1) is 15.0. The molecule has 0 bridgehead atoms. The van der Waals surface area contributed by atoms with E-state index in [-0.39, 0.29) is 12.3 Å². The molecule has 1 aromatic heterocycles. The number of hydrogen-bond acceptors (Lipinski definition) is 6. The van der Waals surface area contributed by atoms with E-state index in [1.165, 1.54) is 7.11 Å². The largest absolute Gasteiger partial charge is 0.481 e. The second kappa shape index (κ2) is 13.6. The van der Waals surface area contributed by atoms with E-state index in [9.17, 15) is 9.90 Å². The number of benzene rings is 1. The number of oxime groups is 1. The first-order valence-electron chi connectivity index (χ1n) is 10.4. The van der Waals surface area contributed by atoms with Gasteiger partial charge >= 0.3 is 5.97 Å². The van der Waals surface area contributed by atoms with Gasteiger partial charge in [-0.05, 0) is 36.2 Å². The number of nitrogens with zero attached hydrogens (tertiary/aromatic N) is 2. The summed E-state index contributed by atoms with van der Waals surface area (Å²) in [5.41, 5.74) is 1.55. The lowest BCUT2D eigenvalue weighted by molar-refractivity contribution is -0.137. The molecule has 2 rings (SSSR count). The summed E-state index contributed by atoms with van der Waals surface area (Å²) in [7, 11) is 1.44. The number of hydrogen-bond donors (Lipinski definition) is 1. The van der Waals surface area contributed by atoms with E-state index in [0.29, 0.717) is 37.7 Å². The van der Waals surface area contributed by atoms with Crippen LogP contribution in [-0.2, 0) is 27.4 Å². The van der Waals surface area contributed by atoms with Gasteiger partial charge in [0.25, 0.3) is 0 Å². The highest BCUT2D eigenvalue weighted by atomic mass is 32.1. The monoisotopic (exact) mass is 442 g/mol. The lowest BCUT2D eigenvalue weighted by atomic mass is 9.94. The number of carboxylic acid groups (broad SMARTS) is 1. The van der Waals surface area contributed by atoms with Crippen LogP contribution in [0.2, 0.25) is 0 Å². The molecule has 0 saturated carbocycles. The first kappa shape index (κ1) is 24.6. The fourth-order valence-corrected chi connectivity index (χ4v) is 3.96. The highest BCUT2D eigenvalue weighted by Gasteiger charge is 2.19. The quantitative estimate of drug-likeness (QED) is 0.221. The van der Waals surface area contributed by atoms with E-state index in [2.05, 4.69) is 35.8 Å². The van der Waals surface area contributed by atoms with Gasteiger partial charge in [-0.3, -0.25) is 4.79 Å². The average molecular weight is 443 g/mol. The van der Waals surface area contributed by atoms with Crippen LogP contribution in [0.1, 0.15) is 48.6 Å². The first-order valence-corrected chi connectivity index (χ1v) is 11.2. The number of aliphatic carboxylic acids is 1. The standard InChI is InChI=1S/C24H30N2O4S/c1-18(2)14-23-25-16-21(31-23)11-12-22(26-29-3)20(15-24(27)28)10-7-13-30-17-19-8-5-4-6-9-19/h4-6,8-9,16,18,20H,7,10,13-15,17H2,1-3H3,(H,27,28)/t20-/m0/s1. The maximum atomic E-state index is 11.4. The molecule has 0 aliphatic heterocycles. The van der Waals surface area contributed by atoms with Gasteiger partial charge in [0.15, 0.2) is 0 Å². The van der Waals surface area contributed by atoms with Crippen molar-refractivity contribution in [2.45, 2.75) is 46.1 Å². The van der Waals surface area contributed by atoms with Crippen LogP contribution < -0.4 is 0 Å². The smallest absolute Gasteiger partial charge is 0.304 e. The van der Waals surface area contributed by atoms with Crippen molar-refractivity contribution in [3.8, 4) is 11.8 Å². The molecular weight excluding hydrogens is 412 g/mol. The maximum Gasteiger partial charge on any atom is 0.304 e. The average Bonchev–Trinajstić information content (AvgIpc) is 3.17. The molecule has 0 amide bonds. The Hall–Kier alpha value is -2.69. The van der Waals surface area contributed by atoms with Crippen molar-refractivity contribution in [1.29, 1.82) is 0 Å². The number of carbonyl (C=O) groups is 1. The number of ether oxygens (including phenoxy) is 1. The predicted octanol–water partition coefficient (Wildman–Crippen LogP) is 4.78. The molecule has 2 aromatic rings. The Labute approximate surface area is 188 Å². The maximum absolute atomic E-state index is 11.4. The van der Waals surface area contributed by atoms with Gasteiger partial charge in [0.05, 0.1) is 29.1 Å². The SMILES string of the molecule is CON=C(C#Cc1cnc(CC(C)C)s1)[C@@H](CCCOCc1ccccc1)CC(=O)O. The van der Waals surface area contributed by atoms with Crippen LogP contribution in [0, 0.1) is 23.7 Å². The Morgan fingerprint density at radius 3 is 2.74 bits per heavy atom. The summed E-state index contributed by atoms with van der Waals surface area (Å²) < 4.78 is 5.72. The fourth-order valence-electron chi connectivity index (χ4n) is 2.98. The van der Waals surface area contributed by atoms with Crippen molar-refractivity contribution >= 4 is 23.0 Å². The topological polar surface area (TPSA) is 81.0 Å². The number of aromatic nitrogens is 1. The molecule has 0 fully saturated rings. The van der Waals surface area contributed by atoms with Gasteiger partial charge < -0.3 is 14.7 Å². The Bertz CT molecular complexity index is 897. The molecule has 166 valence electrons. The molecule has 6 nitrogen and oxygen atoms in total. The van der Waals surface area contributed by atoms with Crippen LogP contribution in [0.5, 0.6) is 0 Å². The summed E-state index contributed by atoms with van der Waals surface area (Å²) >= 11 is 1.55.